The number of carbonyl (C=O) groups excluding carboxylic acids is 1. The summed E-state index contributed by atoms with van der Waals surface area (Å²) in [5.41, 5.74) is 3.02. The summed E-state index contributed by atoms with van der Waals surface area (Å²) >= 11 is 0. The lowest BCUT2D eigenvalue weighted by Crippen LogP contribution is -2.40. The maximum absolute atomic E-state index is 12.6. The molecule has 6 nitrogen and oxygen atoms in total. The molecule has 0 unspecified atom stereocenters. The van der Waals surface area contributed by atoms with Gasteiger partial charge >= 0.3 is 0 Å². The summed E-state index contributed by atoms with van der Waals surface area (Å²) in [4.78, 5) is 12.0. The topological polar surface area (TPSA) is 75.7 Å². The number of hydrogen-bond donors (Lipinski definition) is 1. The van der Waals surface area contributed by atoms with Crippen molar-refractivity contribution in [3.63, 3.8) is 0 Å². The molecular formula is C20H24N2O4S. The Morgan fingerprint density at radius 3 is 2.67 bits per heavy atom. The minimum absolute atomic E-state index is 0.0982. The van der Waals surface area contributed by atoms with Crippen LogP contribution in [0.2, 0.25) is 0 Å². The van der Waals surface area contributed by atoms with Gasteiger partial charge in [0.2, 0.25) is 15.9 Å². The fourth-order valence-electron chi connectivity index (χ4n) is 3.16. The molecule has 1 aliphatic heterocycles. The van der Waals surface area contributed by atoms with Crippen molar-refractivity contribution >= 4 is 15.9 Å². The van der Waals surface area contributed by atoms with Crippen molar-refractivity contribution in [2.45, 2.75) is 19.4 Å². The molecule has 1 amide bonds. The van der Waals surface area contributed by atoms with Gasteiger partial charge in [0.05, 0.1) is 19.3 Å². The first-order chi connectivity index (χ1) is 13.0. The van der Waals surface area contributed by atoms with E-state index in [9.17, 15) is 13.2 Å². The van der Waals surface area contributed by atoms with Crippen LogP contribution in [-0.4, -0.2) is 44.6 Å². The van der Waals surface area contributed by atoms with Crippen LogP contribution >= 0.6 is 0 Å². The summed E-state index contributed by atoms with van der Waals surface area (Å²) < 4.78 is 31.9. The number of amides is 1. The number of methoxy groups -OCH3 is 1. The first-order valence-electron chi connectivity index (χ1n) is 8.92. The zero-order chi connectivity index (χ0) is 19.3. The van der Waals surface area contributed by atoms with Gasteiger partial charge in [-0.3, -0.25) is 4.79 Å². The van der Waals surface area contributed by atoms with Gasteiger partial charge in [-0.25, -0.2) is 8.42 Å². The van der Waals surface area contributed by atoms with Crippen LogP contribution in [0.5, 0.6) is 5.75 Å². The molecular weight excluding hydrogens is 364 g/mol. The van der Waals surface area contributed by atoms with Crippen LogP contribution in [-0.2, 0) is 34.2 Å². The second-order valence-electron chi connectivity index (χ2n) is 6.55. The first kappa shape index (κ1) is 19.4. The second kappa shape index (κ2) is 8.54. The fourth-order valence-corrected chi connectivity index (χ4v) is 4.48. The Labute approximate surface area is 160 Å². The molecule has 27 heavy (non-hydrogen) atoms. The van der Waals surface area contributed by atoms with E-state index in [1.165, 1.54) is 4.31 Å². The lowest BCUT2D eigenvalue weighted by molar-refractivity contribution is -0.120. The third-order valence-electron chi connectivity index (χ3n) is 4.67. The number of fused-ring (bicyclic) bond motifs is 1. The molecule has 0 aliphatic carbocycles. The Bertz CT molecular complexity index is 897. The zero-order valence-corrected chi connectivity index (χ0v) is 16.2. The average molecular weight is 388 g/mol. The van der Waals surface area contributed by atoms with Crippen LogP contribution in [0, 0.1) is 0 Å². The van der Waals surface area contributed by atoms with Gasteiger partial charge in [-0.2, -0.15) is 4.31 Å². The van der Waals surface area contributed by atoms with E-state index in [0.29, 0.717) is 19.5 Å². The maximum Gasteiger partial charge on any atom is 0.224 e. The lowest BCUT2D eigenvalue weighted by atomic mass is 10.0. The van der Waals surface area contributed by atoms with Gasteiger partial charge in [0, 0.05) is 19.6 Å². The molecule has 0 fully saturated rings. The maximum atomic E-state index is 12.6. The van der Waals surface area contributed by atoms with E-state index in [4.69, 9.17) is 4.74 Å². The highest BCUT2D eigenvalue weighted by molar-refractivity contribution is 7.89. The van der Waals surface area contributed by atoms with E-state index in [0.717, 1.165) is 22.4 Å². The third kappa shape index (κ3) is 5.08. The molecule has 2 aromatic carbocycles. The highest BCUT2D eigenvalue weighted by Gasteiger charge is 2.26. The number of benzene rings is 2. The van der Waals surface area contributed by atoms with Crippen LogP contribution < -0.4 is 10.1 Å². The van der Waals surface area contributed by atoms with E-state index in [2.05, 4.69) is 5.32 Å². The molecule has 0 aromatic heterocycles. The smallest absolute Gasteiger partial charge is 0.224 e. The predicted molar refractivity (Wildman–Crippen MR) is 104 cm³/mol. The van der Waals surface area contributed by atoms with Crippen molar-refractivity contribution in [2.75, 3.05) is 26.0 Å². The molecule has 0 radical (unpaired) electrons. The van der Waals surface area contributed by atoms with E-state index in [1.807, 2.05) is 48.5 Å². The van der Waals surface area contributed by atoms with Gasteiger partial charge in [-0.05, 0) is 35.2 Å². The summed E-state index contributed by atoms with van der Waals surface area (Å²) in [6.45, 7) is 0.917. The molecule has 0 atom stereocenters. The van der Waals surface area contributed by atoms with Gasteiger partial charge in [-0.1, -0.05) is 36.4 Å². The van der Waals surface area contributed by atoms with Crippen LogP contribution in [0.4, 0.5) is 0 Å². The summed E-state index contributed by atoms with van der Waals surface area (Å²) in [5.74, 6) is 0.512. The summed E-state index contributed by atoms with van der Waals surface area (Å²) in [5, 5.41) is 2.70. The van der Waals surface area contributed by atoms with Crippen molar-refractivity contribution in [1.82, 2.24) is 9.62 Å². The average Bonchev–Trinajstić information content (AvgIpc) is 2.67. The van der Waals surface area contributed by atoms with Crippen LogP contribution in [0.15, 0.2) is 48.5 Å². The summed E-state index contributed by atoms with van der Waals surface area (Å²) in [7, 11) is -1.80. The van der Waals surface area contributed by atoms with Gasteiger partial charge in [0.15, 0.2) is 0 Å². The highest BCUT2D eigenvalue weighted by Crippen LogP contribution is 2.25. The molecule has 1 heterocycles. The standard InChI is InChI=1S/C20H24N2O4S/c1-26-19-8-7-18-15-22(11-9-17(18)14-19)27(24,25)12-10-21-20(23)13-16-5-3-2-4-6-16/h2-8,14H,9-13,15H2,1H3,(H,21,23). The molecule has 0 spiro atoms. The zero-order valence-electron chi connectivity index (χ0n) is 15.3. The minimum atomic E-state index is -3.42. The van der Waals surface area contributed by atoms with E-state index >= 15 is 0 Å². The molecule has 3 rings (SSSR count). The monoisotopic (exact) mass is 388 g/mol. The molecule has 0 saturated carbocycles. The Balaban J connectivity index is 1.52. The molecule has 0 bridgehead atoms. The van der Waals surface area contributed by atoms with Crippen molar-refractivity contribution in [1.29, 1.82) is 0 Å². The Hall–Kier alpha value is -2.38. The second-order valence-corrected chi connectivity index (χ2v) is 8.64. The van der Waals surface area contributed by atoms with E-state index in [-0.39, 0.29) is 24.6 Å². The number of rotatable bonds is 7. The molecule has 144 valence electrons. The number of nitrogens with zero attached hydrogens (tertiary/aromatic N) is 1. The van der Waals surface area contributed by atoms with Gasteiger partial charge < -0.3 is 10.1 Å². The SMILES string of the molecule is COc1ccc2c(c1)CCN(S(=O)(=O)CCNC(=O)Cc1ccccc1)C2. The predicted octanol–water partition coefficient (Wildman–Crippen LogP) is 1.74. The number of carbonyl (C=O) groups is 1. The van der Waals surface area contributed by atoms with Crippen LogP contribution in [0.3, 0.4) is 0 Å². The van der Waals surface area contributed by atoms with E-state index in [1.54, 1.807) is 7.11 Å². The van der Waals surface area contributed by atoms with Crippen molar-refractivity contribution in [3.8, 4) is 5.75 Å². The minimum Gasteiger partial charge on any atom is -0.497 e. The van der Waals surface area contributed by atoms with Crippen molar-refractivity contribution in [3.05, 3.63) is 65.2 Å². The van der Waals surface area contributed by atoms with Crippen LogP contribution in [0.25, 0.3) is 0 Å². The molecule has 1 N–H and O–H groups in total. The number of sulfonamides is 1. The Morgan fingerprint density at radius 2 is 1.93 bits per heavy atom. The largest absolute Gasteiger partial charge is 0.497 e. The molecule has 2 aromatic rings. The highest BCUT2D eigenvalue weighted by atomic mass is 32.2. The van der Waals surface area contributed by atoms with Crippen LogP contribution in [0.1, 0.15) is 16.7 Å². The van der Waals surface area contributed by atoms with E-state index < -0.39 is 10.0 Å². The van der Waals surface area contributed by atoms with Gasteiger partial charge in [0.1, 0.15) is 5.75 Å². The normalized spacial score (nSPS) is 14.4. The Kier molecular flexibility index (Phi) is 6.13. The fraction of sp³-hybridized carbons (Fsp3) is 0.350. The number of nitrogens with one attached hydrogen (secondary N) is 1. The third-order valence-corrected chi connectivity index (χ3v) is 6.49. The molecule has 1 aliphatic rings. The lowest BCUT2D eigenvalue weighted by Gasteiger charge is -2.28. The van der Waals surface area contributed by atoms with Crippen molar-refractivity contribution < 1.29 is 17.9 Å². The Morgan fingerprint density at radius 1 is 1.15 bits per heavy atom. The molecule has 0 saturated heterocycles. The summed E-state index contributed by atoms with van der Waals surface area (Å²) in [6.07, 6.45) is 0.909. The number of hydrogen-bond acceptors (Lipinski definition) is 4. The number of ether oxygens (including phenoxy) is 1. The molecule has 7 heteroatoms. The quantitative estimate of drug-likeness (QED) is 0.784. The van der Waals surface area contributed by atoms with Gasteiger partial charge in [-0.15, -0.1) is 0 Å². The first-order valence-corrected chi connectivity index (χ1v) is 10.5. The van der Waals surface area contributed by atoms with Gasteiger partial charge in [0.25, 0.3) is 0 Å². The van der Waals surface area contributed by atoms with Crippen molar-refractivity contribution in [2.24, 2.45) is 0 Å². The summed E-state index contributed by atoms with van der Waals surface area (Å²) in [6, 6.07) is 15.1.